The first-order valence-electron chi connectivity index (χ1n) is 12.9. The number of carbonyl (C=O) groups is 3. The van der Waals surface area contributed by atoms with Crippen LogP contribution in [0.1, 0.15) is 47.0 Å². The number of β-amino-alcohol motifs (C(OH)–C–C–N with tert-alkyl or cyclic N) is 1. The predicted molar refractivity (Wildman–Crippen MR) is 134 cm³/mol. The number of carboxylic acids is 1. The molecule has 0 aromatic carbocycles. The Morgan fingerprint density at radius 1 is 0.838 bits per heavy atom. The summed E-state index contributed by atoms with van der Waals surface area (Å²) in [6, 6.07) is -0.742. The lowest BCUT2D eigenvalue weighted by Crippen LogP contribution is -2.55. The lowest BCUT2D eigenvalue weighted by atomic mass is 9.85. The van der Waals surface area contributed by atoms with Crippen LogP contribution in [0.4, 0.5) is 0 Å². The Morgan fingerprint density at radius 2 is 1.27 bits per heavy atom. The van der Waals surface area contributed by atoms with E-state index < -0.39 is 23.5 Å². The number of nitrogens with zero attached hydrogens (tertiary/aromatic N) is 1. The topological polar surface area (TPSA) is 153 Å². The fraction of sp³-hybridized carbons (Fsp3) is 0.880. The van der Waals surface area contributed by atoms with E-state index in [9.17, 15) is 19.5 Å². The highest BCUT2D eigenvalue weighted by Crippen LogP contribution is 2.25. The fourth-order valence-corrected chi connectivity index (χ4v) is 3.66. The van der Waals surface area contributed by atoms with E-state index in [0.717, 1.165) is 0 Å². The third kappa shape index (κ3) is 15.2. The third-order valence-electron chi connectivity index (χ3n) is 5.68. The minimum absolute atomic E-state index is 0.0189. The lowest BCUT2D eigenvalue weighted by Gasteiger charge is -2.35. The van der Waals surface area contributed by atoms with Crippen LogP contribution < -0.4 is 5.32 Å². The van der Waals surface area contributed by atoms with Gasteiger partial charge in [0.1, 0.15) is 6.04 Å². The quantitative estimate of drug-likeness (QED) is 0.188. The largest absolute Gasteiger partial charge is 0.481 e. The number of hydrogen-bond acceptors (Lipinski definition) is 9. The molecule has 3 N–H and O–H groups in total. The van der Waals surface area contributed by atoms with Gasteiger partial charge in [-0.1, -0.05) is 20.8 Å². The van der Waals surface area contributed by atoms with Crippen molar-refractivity contribution in [3.05, 3.63) is 0 Å². The fourth-order valence-electron chi connectivity index (χ4n) is 3.66. The van der Waals surface area contributed by atoms with Crippen molar-refractivity contribution >= 4 is 17.8 Å². The average Bonchev–Trinajstić information content (AvgIpc) is 3.15. The van der Waals surface area contributed by atoms with E-state index in [1.54, 1.807) is 4.90 Å². The zero-order chi connectivity index (χ0) is 27.7. The molecule has 1 fully saturated rings. The summed E-state index contributed by atoms with van der Waals surface area (Å²) in [5.41, 5.74) is -0.472. The first kappa shape index (κ1) is 33.2. The molecular weight excluding hydrogens is 488 g/mol. The van der Waals surface area contributed by atoms with Crippen molar-refractivity contribution in [2.24, 2.45) is 5.41 Å². The number of likely N-dealkylation sites (tertiary alicyclic amines) is 1. The third-order valence-corrected chi connectivity index (χ3v) is 5.68. The zero-order valence-corrected chi connectivity index (χ0v) is 22.7. The van der Waals surface area contributed by atoms with Gasteiger partial charge in [-0.3, -0.25) is 14.4 Å². The van der Waals surface area contributed by atoms with Crippen LogP contribution in [0.15, 0.2) is 0 Å². The van der Waals surface area contributed by atoms with Crippen LogP contribution in [-0.4, -0.2) is 124 Å². The van der Waals surface area contributed by atoms with Gasteiger partial charge in [-0.05, 0) is 18.8 Å². The summed E-state index contributed by atoms with van der Waals surface area (Å²) in [5.74, 6) is -1.32. The van der Waals surface area contributed by atoms with Crippen LogP contribution in [-0.2, 0) is 38.1 Å². The number of nitrogens with one attached hydrogen (secondary N) is 1. The molecule has 1 saturated heterocycles. The number of ether oxygens (including phenoxy) is 5. The standard InChI is InChI=1S/C25H46N2O10/c1-19-17-20(28)18-27(19)24(32)23(25(2,3)4)26-21(29)5-7-33-9-11-35-13-15-37-16-14-36-12-10-34-8-6-22(30)31/h19-20,23,28H,5-18H2,1-4H3,(H,26,29)(H,30,31)/t19-,20-,23-/m1/s1. The number of carbonyl (C=O) groups excluding carboxylic acids is 2. The van der Waals surface area contributed by atoms with Crippen LogP contribution in [0.3, 0.4) is 0 Å². The Kier molecular flexibility index (Phi) is 16.5. The molecule has 0 aromatic rings. The Bertz CT molecular complexity index is 670. The van der Waals surface area contributed by atoms with Crippen LogP contribution in [0.5, 0.6) is 0 Å². The second-order valence-electron chi connectivity index (χ2n) is 10.1. The molecule has 0 aliphatic carbocycles. The van der Waals surface area contributed by atoms with Crippen molar-refractivity contribution < 1.29 is 48.3 Å². The second kappa shape index (κ2) is 18.4. The Hall–Kier alpha value is -1.83. The summed E-state index contributed by atoms with van der Waals surface area (Å²) in [4.78, 5) is 37.5. The van der Waals surface area contributed by atoms with E-state index in [-0.39, 0.29) is 50.5 Å². The minimum atomic E-state index is -0.889. The average molecular weight is 535 g/mol. The molecule has 3 atom stereocenters. The van der Waals surface area contributed by atoms with Crippen LogP contribution in [0.2, 0.25) is 0 Å². The van der Waals surface area contributed by atoms with Crippen molar-refractivity contribution in [2.75, 3.05) is 72.6 Å². The molecule has 2 amide bonds. The lowest BCUT2D eigenvalue weighted by molar-refractivity contribution is -0.140. The zero-order valence-electron chi connectivity index (χ0n) is 22.7. The van der Waals surface area contributed by atoms with Gasteiger partial charge in [0, 0.05) is 19.0 Å². The number of hydrogen-bond donors (Lipinski definition) is 3. The Labute approximate surface area is 219 Å². The number of amides is 2. The molecule has 1 heterocycles. The second-order valence-corrected chi connectivity index (χ2v) is 10.1. The van der Waals surface area contributed by atoms with Crippen LogP contribution in [0.25, 0.3) is 0 Å². The van der Waals surface area contributed by atoms with Gasteiger partial charge in [-0.2, -0.15) is 0 Å². The molecule has 216 valence electrons. The van der Waals surface area contributed by atoms with E-state index in [1.807, 2.05) is 27.7 Å². The molecule has 0 unspecified atom stereocenters. The van der Waals surface area contributed by atoms with E-state index >= 15 is 0 Å². The van der Waals surface area contributed by atoms with Gasteiger partial charge in [0.2, 0.25) is 11.8 Å². The number of carboxylic acid groups (broad SMARTS) is 1. The highest BCUT2D eigenvalue weighted by Gasteiger charge is 2.40. The van der Waals surface area contributed by atoms with Crippen LogP contribution in [0, 0.1) is 5.41 Å². The van der Waals surface area contributed by atoms with Gasteiger partial charge in [-0.25, -0.2) is 0 Å². The molecule has 0 radical (unpaired) electrons. The normalized spacial score (nSPS) is 18.7. The monoisotopic (exact) mass is 534 g/mol. The molecule has 0 aromatic heterocycles. The van der Waals surface area contributed by atoms with E-state index in [4.69, 9.17) is 28.8 Å². The number of rotatable bonds is 20. The number of aliphatic hydroxyl groups is 1. The summed E-state index contributed by atoms with van der Waals surface area (Å²) in [6.45, 7) is 11.4. The maximum atomic E-state index is 13.0. The van der Waals surface area contributed by atoms with Gasteiger partial charge in [0.25, 0.3) is 0 Å². The molecule has 1 aliphatic rings. The Morgan fingerprint density at radius 3 is 1.65 bits per heavy atom. The van der Waals surface area contributed by atoms with E-state index in [0.29, 0.717) is 59.3 Å². The number of aliphatic hydroxyl groups excluding tert-OH is 1. The van der Waals surface area contributed by atoms with Crippen molar-refractivity contribution in [1.29, 1.82) is 0 Å². The first-order valence-corrected chi connectivity index (χ1v) is 12.9. The summed E-state index contributed by atoms with van der Waals surface area (Å²) >= 11 is 0. The van der Waals surface area contributed by atoms with Crippen molar-refractivity contribution in [1.82, 2.24) is 10.2 Å². The Balaban J connectivity index is 2.03. The molecule has 12 heteroatoms. The van der Waals surface area contributed by atoms with Crippen molar-refractivity contribution in [3.8, 4) is 0 Å². The molecule has 0 bridgehead atoms. The molecule has 37 heavy (non-hydrogen) atoms. The summed E-state index contributed by atoms with van der Waals surface area (Å²) in [6.07, 6.45) is 0.128. The summed E-state index contributed by atoms with van der Waals surface area (Å²) in [7, 11) is 0. The van der Waals surface area contributed by atoms with Crippen molar-refractivity contribution in [3.63, 3.8) is 0 Å². The predicted octanol–water partition coefficient (Wildman–Crippen LogP) is 0.447. The van der Waals surface area contributed by atoms with Gasteiger partial charge in [-0.15, -0.1) is 0 Å². The molecule has 12 nitrogen and oxygen atoms in total. The summed E-state index contributed by atoms with van der Waals surface area (Å²) in [5, 5.41) is 21.2. The molecule has 0 saturated carbocycles. The van der Waals surface area contributed by atoms with Crippen molar-refractivity contribution in [2.45, 2.75) is 65.1 Å². The maximum Gasteiger partial charge on any atom is 0.305 e. The van der Waals surface area contributed by atoms with Gasteiger partial charge < -0.3 is 44.1 Å². The minimum Gasteiger partial charge on any atom is -0.481 e. The molecule has 1 aliphatic heterocycles. The van der Waals surface area contributed by atoms with E-state index in [1.165, 1.54) is 0 Å². The van der Waals surface area contributed by atoms with E-state index in [2.05, 4.69) is 5.32 Å². The maximum absolute atomic E-state index is 13.0. The molecular formula is C25H46N2O10. The SMILES string of the molecule is C[C@@H]1C[C@@H](O)CN1C(=O)[C@@H](NC(=O)CCOCCOCCOCCOCCOCCC(=O)O)C(C)(C)C. The number of aliphatic carboxylic acids is 1. The highest BCUT2D eigenvalue weighted by atomic mass is 16.6. The molecule has 0 spiro atoms. The highest BCUT2D eigenvalue weighted by molar-refractivity contribution is 5.88. The first-order chi connectivity index (χ1) is 17.5. The van der Waals surface area contributed by atoms with Gasteiger partial charge in [0.15, 0.2) is 0 Å². The smallest absolute Gasteiger partial charge is 0.305 e. The van der Waals surface area contributed by atoms with Crippen LogP contribution >= 0.6 is 0 Å². The van der Waals surface area contributed by atoms with Gasteiger partial charge >= 0.3 is 5.97 Å². The van der Waals surface area contributed by atoms with Gasteiger partial charge in [0.05, 0.1) is 78.6 Å². The summed E-state index contributed by atoms with van der Waals surface area (Å²) < 4.78 is 26.7. The molecule has 1 rings (SSSR count).